The van der Waals surface area contributed by atoms with Crippen LogP contribution in [0.1, 0.15) is 5.82 Å². The molecule has 0 bridgehead atoms. The van der Waals surface area contributed by atoms with Gasteiger partial charge >= 0.3 is 6.18 Å². The summed E-state index contributed by atoms with van der Waals surface area (Å²) in [6, 6.07) is 13.7. The largest absolute Gasteiger partial charge is 0.456 e. The van der Waals surface area contributed by atoms with Crippen molar-refractivity contribution < 1.29 is 17.9 Å². The fraction of sp³-hybridized carbons (Fsp3) is 0.0556. The van der Waals surface area contributed by atoms with Crippen molar-refractivity contribution in [3.8, 4) is 22.6 Å². The average Bonchev–Trinajstić information content (AvgIpc) is 3.07. The van der Waals surface area contributed by atoms with Crippen LogP contribution in [0.25, 0.3) is 16.8 Å². The molecule has 0 aliphatic heterocycles. The Hall–Kier alpha value is -3.42. The highest BCUT2D eigenvalue weighted by atomic mass is 19.4. The number of halogens is 3. The summed E-state index contributed by atoms with van der Waals surface area (Å²) in [5.41, 5.74) is 1.49. The van der Waals surface area contributed by atoms with Gasteiger partial charge in [-0.1, -0.05) is 12.1 Å². The number of ether oxygens (including phenoxy) is 1. The van der Waals surface area contributed by atoms with Crippen LogP contribution < -0.4 is 4.74 Å². The maximum atomic E-state index is 13.0. The molecule has 4 rings (SSSR count). The van der Waals surface area contributed by atoms with Crippen molar-refractivity contribution in [1.82, 2.24) is 19.6 Å². The third-order valence-corrected chi connectivity index (χ3v) is 3.71. The van der Waals surface area contributed by atoms with E-state index in [0.29, 0.717) is 17.1 Å². The summed E-state index contributed by atoms with van der Waals surface area (Å²) in [5.74, 6) is 0.148. The smallest absolute Gasteiger partial charge is 0.452 e. The summed E-state index contributed by atoms with van der Waals surface area (Å²) in [6.45, 7) is 0. The number of hydrogen-bond acceptors (Lipinski definition) is 4. The number of hydrogen-bond donors (Lipinski definition) is 0. The molecule has 8 heteroatoms. The number of aromatic nitrogens is 4. The van der Waals surface area contributed by atoms with E-state index in [4.69, 9.17) is 4.74 Å². The van der Waals surface area contributed by atoms with Crippen molar-refractivity contribution in [3.63, 3.8) is 0 Å². The van der Waals surface area contributed by atoms with E-state index in [1.54, 1.807) is 54.9 Å². The molecule has 0 saturated carbocycles. The van der Waals surface area contributed by atoms with E-state index in [0.717, 1.165) is 9.96 Å². The third-order valence-electron chi connectivity index (χ3n) is 3.71. The van der Waals surface area contributed by atoms with Gasteiger partial charge in [0, 0.05) is 12.4 Å². The molecule has 3 heterocycles. The van der Waals surface area contributed by atoms with Gasteiger partial charge in [0.2, 0.25) is 5.82 Å². The molecule has 0 N–H and O–H groups in total. The van der Waals surface area contributed by atoms with Crippen molar-refractivity contribution in [2.75, 3.05) is 0 Å². The van der Waals surface area contributed by atoms with Gasteiger partial charge < -0.3 is 4.74 Å². The highest BCUT2D eigenvalue weighted by Crippen LogP contribution is 2.30. The van der Waals surface area contributed by atoms with E-state index >= 15 is 0 Å². The molecule has 1 aromatic carbocycles. The van der Waals surface area contributed by atoms with Gasteiger partial charge in [-0.2, -0.15) is 13.2 Å². The van der Waals surface area contributed by atoms with Gasteiger partial charge in [-0.25, -0.2) is 0 Å². The normalized spacial score (nSPS) is 11.7. The van der Waals surface area contributed by atoms with Crippen LogP contribution >= 0.6 is 0 Å². The molecule has 0 atom stereocenters. The Morgan fingerprint density at radius 3 is 2.31 bits per heavy atom. The fourth-order valence-corrected chi connectivity index (χ4v) is 2.51. The molecule has 5 nitrogen and oxygen atoms in total. The van der Waals surface area contributed by atoms with Crippen LogP contribution in [0.5, 0.6) is 11.5 Å². The minimum Gasteiger partial charge on any atom is -0.456 e. The Balaban J connectivity index is 1.65. The lowest BCUT2D eigenvalue weighted by Gasteiger charge is -2.08. The summed E-state index contributed by atoms with van der Waals surface area (Å²) in [4.78, 5) is 3.97. The summed E-state index contributed by atoms with van der Waals surface area (Å²) >= 11 is 0. The standard InChI is InChI=1S/C18H11F3N4O/c19-18(20,21)17-24-23-16-8-5-13(11-25(16)17)12-3-6-14(7-4-12)26-15-2-1-9-22-10-15/h1-11H. The van der Waals surface area contributed by atoms with Gasteiger partial charge in [0.15, 0.2) is 5.65 Å². The molecule has 0 unspecified atom stereocenters. The Bertz CT molecular complexity index is 1040. The van der Waals surface area contributed by atoms with Gasteiger partial charge in [0.1, 0.15) is 11.5 Å². The minimum absolute atomic E-state index is 0.137. The lowest BCUT2D eigenvalue weighted by molar-refractivity contribution is -0.145. The van der Waals surface area contributed by atoms with Gasteiger partial charge in [-0.15, -0.1) is 10.2 Å². The van der Waals surface area contributed by atoms with Crippen LogP contribution in [0.15, 0.2) is 67.1 Å². The topological polar surface area (TPSA) is 52.3 Å². The lowest BCUT2D eigenvalue weighted by Crippen LogP contribution is -2.10. The molecule has 130 valence electrons. The maximum Gasteiger partial charge on any atom is 0.452 e. The fourth-order valence-electron chi connectivity index (χ4n) is 2.51. The third kappa shape index (κ3) is 3.08. The molecule has 0 aliphatic carbocycles. The first-order valence-corrected chi connectivity index (χ1v) is 7.61. The zero-order chi connectivity index (χ0) is 18.1. The van der Waals surface area contributed by atoms with Crippen LogP contribution in [0.2, 0.25) is 0 Å². The van der Waals surface area contributed by atoms with Gasteiger partial charge in [0.05, 0.1) is 6.20 Å². The van der Waals surface area contributed by atoms with Crippen LogP contribution in [-0.4, -0.2) is 19.6 Å². The van der Waals surface area contributed by atoms with Crippen molar-refractivity contribution >= 4 is 5.65 Å². The second kappa shape index (κ2) is 6.14. The van der Waals surface area contributed by atoms with Crippen LogP contribution in [-0.2, 0) is 6.18 Å². The zero-order valence-electron chi connectivity index (χ0n) is 13.2. The van der Waals surface area contributed by atoms with E-state index < -0.39 is 12.0 Å². The Kier molecular flexibility index (Phi) is 3.80. The second-order valence-corrected chi connectivity index (χ2v) is 5.48. The van der Waals surface area contributed by atoms with Gasteiger partial charge in [-0.05, 0) is 47.5 Å². The first-order valence-electron chi connectivity index (χ1n) is 7.61. The van der Waals surface area contributed by atoms with Crippen molar-refractivity contribution in [2.45, 2.75) is 6.18 Å². The zero-order valence-corrected chi connectivity index (χ0v) is 13.2. The van der Waals surface area contributed by atoms with Crippen molar-refractivity contribution in [3.05, 3.63) is 72.9 Å². The Labute approximate surface area is 145 Å². The highest BCUT2D eigenvalue weighted by Gasteiger charge is 2.36. The molecule has 0 amide bonds. The van der Waals surface area contributed by atoms with Crippen LogP contribution in [0.4, 0.5) is 13.2 Å². The summed E-state index contributed by atoms with van der Waals surface area (Å²) < 4.78 is 45.6. The first kappa shape index (κ1) is 16.1. The van der Waals surface area contributed by atoms with E-state index in [1.165, 1.54) is 12.3 Å². The number of nitrogens with zero attached hydrogens (tertiary/aromatic N) is 4. The molecular weight excluding hydrogens is 345 g/mol. The number of rotatable bonds is 3. The molecule has 4 aromatic rings. The molecule has 0 spiro atoms. The summed E-state index contributed by atoms with van der Waals surface area (Å²) in [5, 5.41) is 6.77. The number of pyridine rings is 2. The Morgan fingerprint density at radius 2 is 1.62 bits per heavy atom. The quantitative estimate of drug-likeness (QED) is 0.538. The molecule has 0 saturated heterocycles. The van der Waals surface area contributed by atoms with E-state index in [2.05, 4.69) is 15.2 Å². The lowest BCUT2D eigenvalue weighted by atomic mass is 10.1. The van der Waals surface area contributed by atoms with Crippen LogP contribution in [0.3, 0.4) is 0 Å². The van der Waals surface area contributed by atoms with E-state index in [-0.39, 0.29) is 5.65 Å². The number of benzene rings is 1. The molecule has 0 radical (unpaired) electrons. The monoisotopic (exact) mass is 356 g/mol. The predicted octanol–water partition coefficient (Wildman–Crippen LogP) is 4.60. The molecule has 3 aromatic heterocycles. The van der Waals surface area contributed by atoms with E-state index in [1.807, 2.05) is 0 Å². The number of fused-ring (bicyclic) bond motifs is 1. The summed E-state index contributed by atoms with van der Waals surface area (Å²) in [6.07, 6.45) is 0.0351. The average molecular weight is 356 g/mol. The van der Waals surface area contributed by atoms with Crippen LogP contribution in [0, 0.1) is 0 Å². The van der Waals surface area contributed by atoms with Crippen molar-refractivity contribution in [2.24, 2.45) is 0 Å². The maximum absolute atomic E-state index is 13.0. The minimum atomic E-state index is -4.57. The molecular formula is C18H11F3N4O. The summed E-state index contributed by atoms with van der Waals surface area (Å²) in [7, 11) is 0. The second-order valence-electron chi connectivity index (χ2n) is 5.48. The first-order chi connectivity index (χ1) is 12.5. The predicted molar refractivity (Wildman–Crippen MR) is 87.7 cm³/mol. The molecule has 0 aliphatic rings. The van der Waals surface area contributed by atoms with Gasteiger partial charge in [-0.3, -0.25) is 9.38 Å². The molecule has 26 heavy (non-hydrogen) atoms. The highest BCUT2D eigenvalue weighted by molar-refractivity contribution is 5.65. The van der Waals surface area contributed by atoms with Crippen molar-refractivity contribution in [1.29, 1.82) is 0 Å². The van der Waals surface area contributed by atoms with Gasteiger partial charge in [0.25, 0.3) is 0 Å². The molecule has 0 fully saturated rings. The van der Waals surface area contributed by atoms with E-state index in [9.17, 15) is 13.2 Å². The number of alkyl halides is 3. The SMILES string of the molecule is FC(F)(F)c1nnc2ccc(-c3ccc(Oc4cccnc4)cc3)cn12. The Morgan fingerprint density at radius 1 is 0.846 bits per heavy atom.